The molecule has 1 amide bonds. The van der Waals surface area contributed by atoms with Gasteiger partial charge in [-0.2, -0.15) is 11.8 Å². The van der Waals surface area contributed by atoms with Crippen molar-refractivity contribution in [3.63, 3.8) is 0 Å². The molecule has 0 saturated heterocycles. The molecule has 1 aromatic rings. The smallest absolute Gasteiger partial charge is 0.237 e. The highest BCUT2D eigenvalue weighted by atomic mass is 32.2. The summed E-state index contributed by atoms with van der Waals surface area (Å²) in [4.78, 5) is 14.5. The standard InChI is InChI=1S/C18H25NO3S/c1-21-16-10-9-14(11-17(16)22-2)12-19(18(20)13-23-3)15-7-5-4-6-8-15/h7,9-11H,4-6,8,12-13H2,1-3H3. The maximum Gasteiger partial charge on any atom is 0.237 e. The molecule has 0 unspecified atom stereocenters. The van der Waals surface area contributed by atoms with E-state index in [-0.39, 0.29) is 5.91 Å². The van der Waals surface area contributed by atoms with Crippen LogP contribution in [0.1, 0.15) is 31.2 Å². The second-order valence-corrected chi connectivity index (χ2v) is 6.41. The summed E-state index contributed by atoms with van der Waals surface area (Å²) in [6.45, 7) is 0.575. The Morgan fingerprint density at radius 3 is 2.61 bits per heavy atom. The number of methoxy groups -OCH3 is 2. The summed E-state index contributed by atoms with van der Waals surface area (Å²) in [6, 6.07) is 5.83. The van der Waals surface area contributed by atoms with Gasteiger partial charge in [0.2, 0.25) is 5.91 Å². The summed E-state index contributed by atoms with van der Waals surface area (Å²) in [6.07, 6.45) is 8.58. The molecule has 0 radical (unpaired) electrons. The number of rotatable bonds is 7. The van der Waals surface area contributed by atoms with Crippen LogP contribution in [0, 0.1) is 0 Å². The molecule has 0 atom stereocenters. The Hall–Kier alpha value is -1.62. The van der Waals surface area contributed by atoms with E-state index in [4.69, 9.17) is 9.47 Å². The number of ether oxygens (including phenoxy) is 2. The Labute approximate surface area is 142 Å². The number of hydrogen-bond donors (Lipinski definition) is 0. The number of carbonyl (C=O) groups excluding carboxylic acids is 1. The minimum Gasteiger partial charge on any atom is -0.493 e. The maximum absolute atomic E-state index is 12.5. The Bertz CT molecular complexity index is 571. The van der Waals surface area contributed by atoms with Gasteiger partial charge in [0.1, 0.15) is 0 Å². The lowest BCUT2D eigenvalue weighted by Gasteiger charge is -2.28. The van der Waals surface area contributed by atoms with Crippen LogP contribution >= 0.6 is 11.8 Å². The zero-order chi connectivity index (χ0) is 16.7. The molecule has 0 fully saturated rings. The highest BCUT2D eigenvalue weighted by Crippen LogP contribution is 2.29. The first-order valence-electron chi connectivity index (χ1n) is 7.88. The number of benzene rings is 1. The molecule has 1 aliphatic rings. The first kappa shape index (κ1) is 17.7. The fraction of sp³-hybridized carbons (Fsp3) is 0.500. The number of amides is 1. The van der Waals surface area contributed by atoms with Crippen molar-refractivity contribution < 1.29 is 14.3 Å². The second-order valence-electron chi connectivity index (χ2n) is 5.54. The van der Waals surface area contributed by atoms with Crippen molar-refractivity contribution in [2.24, 2.45) is 0 Å². The maximum atomic E-state index is 12.5. The number of hydrogen-bond acceptors (Lipinski definition) is 4. The van der Waals surface area contributed by atoms with Gasteiger partial charge in [-0.3, -0.25) is 4.79 Å². The molecule has 0 heterocycles. The quantitative estimate of drug-likeness (QED) is 0.758. The van der Waals surface area contributed by atoms with Gasteiger partial charge in [-0.1, -0.05) is 12.1 Å². The van der Waals surface area contributed by atoms with Crippen LogP contribution in [-0.2, 0) is 11.3 Å². The molecule has 0 spiro atoms. The zero-order valence-electron chi connectivity index (χ0n) is 14.1. The van der Waals surface area contributed by atoms with Gasteiger partial charge >= 0.3 is 0 Å². The number of thioether (sulfide) groups is 1. The van der Waals surface area contributed by atoms with Crippen molar-refractivity contribution in [1.29, 1.82) is 0 Å². The highest BCUT2D eigenvalue weighted by molar-refractivity contribution is 7.99. The van der Waals surface area contributed by atoms with Crippen molar-refractivity contribution in [1.82, 2.24) is 4.90 Å². The van der Waals surface area contributed by atoms with Gasteiger partial charge in [-0.15, -0.1) is 0 Å². The number of carbonyl (C=O) groups is 1. The minimum atomic E-state index is 0.167. The first-order chi connectivity index (χ1) is 11.2. The summed E-state index contributed by atoms with van der Waals surface area (Å²) in [5.41, 5.74) is 2.20. The Morgan fingerprint density at radius 2 is 2.00 bits per heavy atom. The van der Waals surface area contributed by atoms with Crippen molar-refractivity contribution in [2.45, 2.75) is 32.2 Å². The molecule has 0 saturated carbocycles. The van der Waals surface area contributed by atoms with Crippen LogP contribution in [0.4, 0.5) is 0 Å². The second kappa shape index (κ2) is 8.87. The lowest BCUT2D eigenvalue weighted by Crippen LogP contribution is -2.32. The lowest BCUT2D eigenvalue weighted by molar-refractivity contribution is -0.127. The largest absolute Gasteiger partial charge is 0.493 e. The Morgan fingerprint density at radius 1 is 1.22 bits per heavy atom. The molecule has 0 aliphatic heterocycles. The monoisotopic (exact) mass is 335 g/mol. The van der Waals surface area contributed by atoms with Gasteiger partial charge in [0.25, 0.3) is 0 Å². The molecule has 2 rings (SSSR count). The predicted molar refractivity (Wildman–Crippen MR) is 95.0 cm³/mol. The van der Waals surface area contributed by atoms with Gasteiger partial charge in [0.05, 0.1) is 26.5 Å². The van der Waals surface area contributed by atoms with Gasteiger partial charge < -0.3 is 14.4 Å². The molecule has 5 heteroatoms. The van der Waals surface area contributed by atoms with Crippen molar-refractivity contribution in [2.75, 3.05) is 26.2 Å². The molecule has 1 aromatic carbocycles. The van der Waals surface area contributed by atoms with Gasteiger partial charge in [-0.25, -0.2) is 0 Å². The molecule has 0 bridgehead atoms. The highest BCUT2D eigenvalue weighted by Gasteiger charge is 2.20. The molecule has 0 aromatic heterocycles. The fourth-order valence-corrected chi connectivity index (χ4v) is 3.18. The molecule has 4 nitrogen and oxygen atoms in total. The van der Waals surface area contributed by atoms with E-state index in [9.17, 15) is 4.79 Å². The van der Waals surface area contributed by atoms with E-state index in [1.807, 2.05) is 29.4 Å². The SMILES string of the molecule is COc1ccc(CN(C(=O)CSC)C2=CCCCC2)cc1OC. The minimum absolute atomic E-state index is 0.167. The van der Waals surface area contributed by atoms with Crippen LogP contribution in [0.2, 0.25) is 0 Å². The first-order valence-corrected chi connectivity index (χ1v) is 9.28. The molecule has 23 heavy (non-hydrogen) atoms. The normalized spacial score (nSPS) is 14.1. The third-order valence-corrected chi connectivity index (χ3v) is 4.51. The average Bonchev–Trinajstić information content (AvgIpc) is 2.60. The van der Waals surface area contributed by atoms with Gasteiger partial charge in [0.15, 0.2) is 11.5 Å². The summed E-state index contributed by atoms with van der Waals surface area (Å²) in [5.74, 6) is 2.07. The van der Waals surface area contributed by atoms with Crippen LogP contribution < -0.4 is 9.47 Å². The van der Waals surface area contributed by atoms with E-state index in [1.165, 1.54) is 6.42 Å². The molecular weight excluding hydrogens is 310 g/mol. The Kier molecular flexibility index (Phi) is 6.84. The summed E-state index contributed by atoms with van der Waals surface area (Å²) >= 11 is 1.56. The third kappa shape index (κ3) is 4.67. The molecule has 0 N–H and O–H groups in total. The van der Waals surface area contributed by atoms with E-state index in [2.05, 4.69) is 6.08 Å². The van der Waals surface area contributed by atoms with E-state index in [0.717, 1.165) is 30.5 Å². The predicted octanol–water partition coefficient (Wildman–Crippen LogP) is 3.85. The van der Waals surface area contributed by atoms with Crippen LogP contribution in [-0.4, -0.2) is 37.0 Å². The van der Waals surface area contributed by atoms with E-state index in [0.29, 0.717) is 23.8 Å². The number of nitrogens with zero attached hydrogens (tertiary/aromatic N) is 1. The summed E-state index contributed by atoms with van der Waals surface area (Å²) < 4.78 is 10.6. The van der Waals surface area contributed by atoms with Crippen LogP contribution in [0.15, 0.2) is 30.0 Å². The van der Waals surface area contributed by atoms with Gasteiger partial charge in [-0.05, 0) is 49.6 Å². The van der Waals surface area contributed by atoms with E-state index < -0.39 is 0 Å². The number of allylic oxidation sites excluding steroid dienone is 2. The summed E-state index contributed by atoms with van der Waals surface area (Å²) in [7, 11) is 3.25. The van der Waals surface area contributed by atoms with Crippen molar-refractivity contribution in [3.8, 4) is 11.5 Å². The average molecular weight is 335 g/mol. The van der Waals surface area contributed by atoms with Crippen LogP contribution in [0.3, 0.4) is 0 Å². The third-order valence-electron chi connectivity index (χ3n) is 3.97. The molecule has 126 valence electrons. The Balaban J connectivity index is 2.23. The van der Waals surface area contributed by atoms with E-state index >= 15 is 0 Å². The molecule has 1 aliphatic carbocycles. The lowest BCUT2D eigenvalue weighted by atomic mass is 10.0. The van der Waals surface area contributed by atoms with Crippen LogP contribution in [0.25, 0.3) is 0 Å². The van der Waals surface area contributed by atoms with Crippen molar-refractivity contribution >= 4 is 17.7 Å². The molecular formula is C18H25NO3S. The van der Waals surface area contributed by atoms with Gasteiger partial charge in [0, 0.05) is 5.70 Å². The summed E-state index contributed by atoms with van der Waals surface area (Å²) in [5, 5.41) is 0. The van der Waals surface area contributed by atoms with Crippen molar-refractivity contribution in [3.05, 3.63) is 35.5 Å². The van der Waals surface area contributed by atoms with Crippen LogP contribution in [0.5, 0.6) is 11.5 Å². The fourth-order valence-electron chi connectivity index (χ4n) is 2.78. The topological polar surface area (TPSA) is 38.8 Å². The van der Waals surface area contributed by atoms with E-state index in [1.54, 1.807) is 26.0 Å². The zero-order valence-corrected chi connectivity index (χ0v) is 14.9.